The number of hydrogen-bond acceptors (Lipinski definition) is 2. The molecule has 1 N–H and O–H groups in total. The van der Waals surface area contributed by atoms with Crippen LogP contribution >= 0.6 is 0 Å². The number of nitrogens with one attached hydrogen (secondary N) is 1. The summed E-state index contributed by atoms with van der Waals surface area (Å²) < 4.78 is 5.26. The molecule has 100 valence electrons. The van der Waals surface area contributed by atoms with E-state index in [0.29, 0.717) is 0 Å². The molecule has 1 atom stereocenters. The van der Waals surface area contributed by atoms with Gasteiger partial charge in [0.1, 0.15) is 5.75 Å². The summed E-state index contributed by atoms with van der Waals surface area (Å²) in [6.45, 7) is 4.32. The fourth-order valence-corrected chi connectivity index (χ4v) is 2.08. The number of methoxy groups -OCH3 is 1. The number of benzene rings is 2. The Morgan fingerprint density at radius 2 is 1.84 bits per heavy atom. The van der Waals surface area contributed by atoms with E-state index in [1.165, 1.54) is 11.1 Å². The molecule has 2 nitrogen and oxygen atoms in total. The Morgan fingerprint density at radius 3 is 2.47 bits per heavy atom. The van der Waals surface area contributed by atoms with Crippen molar-refractivity contribution in [1.82, 2.24) is 0 Å². The summed E-state index contributed by atoms with van der Waals surface area (Å²) in [6, 6.07) is 17.0. The van der Waals surface area contributed by atoms with Crippen LogP contribution in [0.5, 0.6) is 5.75 Å². The summed E-state index contributed by atoms with van der Waals surface area (Å²) in [5, 5.41) is 3.51. The van der Waals surface area contributed by atoms with Gasteiger partial charge in [-0.3, -0.25) is 0 Å². The van der Waals surface area contributed by atoms with E-state index in [-0.39, 0.29) is 6.04 Å². The van der Waals surface area contributed by atoms with Crippen molar-refractivity contribution >= 4 is 5.69 Å². The summed E-state index contributed by atoms with van der Waals surface area (Å²) in [5.74, 6) is 0.896. The average molecular weight is 255 g/mol. The topological polar surface area (TPSA) is 21.3 Å². The minimum Gasteiger partial charge on any atom is -0.497 e. The fourth-order valence-electron chi connectivity index (χ4n) is 2.08. The molecule has 0 fully saturated rings. The highest BCUT2D eigenvalue weighted by Crippen LogP contribution is 2.22. The van der Waals surface area contributed by atoms with Crippen molar-refractivity contribution in [2.45, 2.75) is 26.3 Å². The molecule has 0 aliphatic carbocycles. The number of ether oxygens (including phenoxy) is 1. The van der Waals surface area contributed by atoms with Crippen LogP contribution in [-0.4, -0.2) is 7.11 Å². The van der Waals surface area contributed by atoms with Crippen LogP contribution in [-0.2, 0) is 6.42 Å². The monoisotopic (exact) mass is 255 g/mol. The third-order valence-corrected chi connectivity index (χ3v) is 3.34. The first kappa shape index (κ1) is 13.5. The Labute approximate surface area is 115 Å². The molecule has 0 saturated carbocycles. The van der Waals surface area contributed by atoms with Crippen LogP contribution < -0.4 is 10.1 Å². The third-order valence-electron chi connectivity index (χ3n) is 3.34. The molecule has 0 saturated heterocycles. The Balaban J connectivity index is 2.08. The van der Waals surface area contributed by atoms with Gasteiger partial charge in [-0.1, -0.05) is 31.2 Å². The van der Waals surface area contributed by atoms with Crippen molar-refractivity contribution in [1.29, 1.82) is 0 Å². The third kappa shape index (κ3) is 3.50. The van der Waals surface area contributed by atoms with Gasteiger partial charge in [-0.2, -0.15) is 0 Å². The summed E-state index contributed by atoms with van der Waals surface area (Å²) >= 11 is 0. The molecular formula is C17H21NO. The van der Waals surface area contributed by atoms with E-state index in [9.17, 15) is 0 Å². The highest BCUT2D eigenvalue weighted by molar-refractivity contribution is 5.47. The van der Waals surface area contributed by atoms with Gasteiger partial charge in [-0.25, -0.2) is 0 Å². The number of rotatable bonds is 5. The molecule has 2 aromatic rings. The van der Waals surface area contributed by atoms with Crippen molar-refractivity contribution in [2.75, 3.05) is 12.4 Å². The molecule has 19 heavy (non-hydrogen) atoms. The lowest BCUT2D eigenvalue weighted by Crippen LogP contribution is -2.06. The Bertz CT molecular complexity index is 519. The van der Waals surface area contributed by atoms with Gasteiger partial charge in [0.2, 0.25) is 0 Å². The molecule has 0 spiro atoms. The highest BCUT2D eigenvalue weighted by atomic mass is 16.5. The molecule has 2 aromatic carbocycles. The van der Waals surface area contributed by atoms with Crippen LogP contribution in [0.25, 0.3) is 0 Å². The minimum atomic E-state index is 0.252. The lowest BCUT2D eigenvalue weighted by molar-refractivity contribution is 0.414. The van der Waals surface area contributed by atoms with Gasteiger partial charge < -0.3 is 10.1 Å². The van der Waals surface area contributed by atoms with Gasteiger partial charge in [0, 0.05) is 11.7 Å². The van der Waals surface area contributed by atoms with Crippen molar-refractivity contribution < 1.29 is 4.74 Å². The smallest absolute Gasteiger partial charge is 0.119 e. The Morgan fingerprint density at radius 1 is 1.11 bits per heavy atom. The quantitative estimate of drug-likeness (QED) is 0.853. The van der Waals surface area contributed by atoms with E-state index < -0.39 is 0 Å². The summed E-state index contributed by atoms with van der Waals surface area (Å²) in [4.78, 5) is 0. The van der Waals surface area contributed by atoms with E-state index in [1.807, 2.05) is 12.1 Å². The van der Waals surface area contributed by atoms with E-state index in [1.54, 1.807) is 7.11 Å². The van der Waals surface area contributed by atoms with E-state index in [2.05, 4.69) is 55.6 Å². The van der Waals surface area contributed by atoms with Crippen molar-refractivity contribution in [3.05, 3.63) is 59.7 Å². The zero-order valence-electron chi connectivity index (χ0n) is 11.8. The Kier molecular flexibility index (Phi) is 4.45. The minimum absolute atomic E-state index is 0.252. The lowest BCUT2D eigenvalue weighted by atomic mass is 10.1. The summed E-state index contributed by atoms with van der Waals surface area (Å²) in [7, 11) is 1.70. The fraction of sp³-hybridized carbons (Fsp3) is 0.294. The largest absolute Gasteiger partial charge is 0.497 e. The molecule has 0 heterocycles. The molecule has 0 aromatic heterocycles. The molecule has 2 rings (SSSR count). The first-order valence-electron chi connectivity index (χ1n) is 6.72. The van der Waals surface area contributed by atoms with Crippen molar-refractivity contribution in [3.8, 4) is 5.75 Å². The molecule has 0 aliphatic heterocycles. The standard InChI is InChI=1S/C17H21NO/c1-4-14-8-10-16(11-9-14)18-13(2)15-6-5-7-17(12-15)19-3/h5-13,18H,4H2,1-3H3. The summed E-state index contributed by atoms with van der Waals surface area (Å²) in [6.07, 6.45) is 1.08. The van der Waals surface area contributed by atoms with Crippen LogP contribution in [0.1, 0.15) is 31.0 Å². The molecule has 0 amide bonds. The van der Waals surface area contributed by atoms with Crippen molar-refractivity contribution in [2.24, 2.45) is 0 Å². The second-order valence-corrected chi connectivity index (χ2v) is 4.69. The second-order valence-electron chi connectivity index (χ2n) is 4.69. The number of aryl methyl sites for hydroxylation is 1. The predicted molar refractivity (Wildman–Crippen MR) is 80.9 cm³/mol. The maximum atomic E-state index is 5.26. The van der Waals surface area contributed by atoms with Gasteiger partial charge in [-0.15, -0.1) is 0 Å². The second kappa shape index (κ2) is 6.28. The normalized spacial score (nSPS) is 11.9. The van der Waals surface area contributed by atoms with Crippen LogP contribution in [0, 0.1) is 0 Å². The molecule has 2 heteroatoms. The van der Waals surface area contributed by atoms with Gasteiger partial charge in [0.05, 0.1) is 7.11 Å². The number of hydrogen-bond donors (Lipinski definition) is 1. The maximum Gasteiger partial charge on any atom is 0.119 e. The van der Waals surface area contributed by atoms with E-state index >= 15 is 0 Å². The zero-order chi connectivity index (χ0) is 13.7. The molecular weight excluding hydrogens is 234 g/mol. The average Bonchev–Trinajstić information content (AvgIpc) is 2.48. The van der Waals surface area contributed by atoms with E-state index in [4.69, 9.17) is 4.74 Å². The van der Waals surface area contributed by atoms with Crippen molar-refractivity contribution in [3.63, 3.8) is 0 Å². The van der Waals surface area contributed by atoms with Gasteiger partial charge in [-0.05, 0) is 48.7 Å². The first-order chi connectivity index (χ1) is 9.22. The molecule has 0 aliphatic rings. The molecule has 0 bridgehead atoms. The highest BCUT2D eigenvalue weighted by Gasteiger charge is 2.06. The SMILES string of the molecule is CCc1ccc(NC(C)c2cccc(OC)c2)cc1. The maximum absolute atomic E-state index is 5.26. The van der Waals surface area contributed by atoms with Crippen LogP contribution in [0.3, 0.4) is 0 Å². The Hall–Kier alpha value is -1.96. The summed E-state index contributed by atoms with van der Waals surface area (Å²) in [5.41, 5.74) is 3.73. The van der Waals surface area contributed by atoms with E-state index in [0.717, 1.165) is 17.9 Å². The molecule has 1 unspecified atom stereocenters. The van der Waals surface area contributed by atoms with Gasteiger partial charge >= 0.3 is 0 Å². The van der Waals surface area contributed by atoms with Crippen LogP contribution in [0.15, 0.2) is 48.5 Å². The lowest BCUT2D eigenvalue weighted by Gasteiger charge is -2.16. The molecule has 0 radical (unpaired) electrons. The number of anilines is 1. The van der Waals surface area contributed by atoms with Crippen LogP contribution in [0.2, 0.25) is 0 Å². The van der Waals surface area contributed by atoms with Gasteiger partial charge in [0.25, 0.3) is 0 Å². The first-order valence-corrected chi connectivity index (χ1v) is 6.72. The van der Waals surface area contributed by atoms with Gasteiger partial charge in [0.15, 0.2) is 0 Å². The van der Waals surface area contributed by atoms with Crippen LogP contribution in [0.4, 0.5) is 5.69 Å². The zero-order valence-corrected chi connectivity index (χ0v) is 11.8. The predicted octanol–water partition coefficient (Wildman–Crippen LogP) is 4.43.